The zero-order chi connectivity index (χ0) is 18.1. The number of methoxy groups -OCH3 is 1. The van der Waals surface area contributed by atoms with Crippen molar-refractivity contribution in [2.75, 3.05) is 25.5 Å². The fraction of sp³-hybridized carbons (Fsp3) is 0.611. The topological polar surface area (TPSA) is 67.6 Å². The van der Waals surface area contributed by atoms with E-state index in [9.17, 15) is 4.79 Å². The second-order valence-corrected chi connectivity index (χ2v) is 7.73. The number of amides is 1. The number of nitrogens with two attached hydrogens (primary N) is 1. The van der Waals surface area contributed by atoms with Gasteiger partial charge in [-0.05, 0) is 37.3 Å². The van der Waals surface area contributed by atoms with Gasteiger partial charge in [-0.15, -0.1) is 12.4 Å². The summed E-state index contributed by atoms with van der Waals surface area (Å²) in [5.74, 6) is 0.508. The van der Waals surface area contributed by atoms with Gasteiger partial charge in [0.25, 0.3) is 0 Å². The first kappa shape index (κ1) is 22.0. The van der Waals surface area contributed by atoms with Crippen LogP contribution in [-0.2, 0) is 4.79 Å². The maximum atomic E-state index is 12.7. The molecule has 1 aromatic rings. The van der Waals surface area contributed by atoms with Crippen LogP contribution in [0.2, 0.25) is 5.02 Å². The summed E-state index contributed by atoms with van der Waals surface area (Å²) < 4.78 is 5.33. The lowest BCUT2D eigenvalue weighted by Crippen LogP contribution is -2.56. The van der Waals surface area contributed by atoms with Crippen molar-refractivity contribution in [2.45, 2.75) is 46.2 Å². The number of rotatable bonds is 4. The van der Waals surface area contributed by atoms with E-state index in [1.807, 2.05) is 19.9 Å². The average molecular weight is 390 g/mol. The van der Waals surface area contributed by atoms with Gasteiger partial charge in [0, 0.05) is 30.2 Å². The Labute approximate surface area is 161 Å². The summed E-state index contributed by atoms with van der Waals surface area (Å²) in [5.41, 5.74) is 7.73. The molecule has 1 aliphatic heterocycles. The maximum Gasteiger partial charge on any atom is 0.241 e. The number of hydrogen-bond acceptors (Lipinski definition) is 4. The van der Waals surface area contributed by atoms with E-state index in [-0.39, 0.29) is 35.8 Å². The van der Waals surface area contributed by atoms with Crippen molar-refractivity contribution in [1.29, 1.82) is 0 Å². The first-order valence-electron chi connectivity index (χ1n) is 8.30. The van der Waals surface area contributed by atoms with Crippen molar-refractivity contribution in [1.82, 2.24) is 4.90 Å². The number of aryl methyl sites for hydroxylation is 1. The molecule has 2 unspecified atom stereocenters. The van der Waals surface area contributed by atoms with Crippen molar-refractivity contribution >= 4 is 35.6 Å². The highest BCUT2D eigenvalue weighted by molar-refractivity contribution is 6.31. The fourth-order valence-corrected chi connectivity index (χ4v) is 3.23. The molecular weight excluding hydrogens is 361 g/mol. The van der Waals surface area contributed by atoms with E-state index in [0.717, 1.165) is 25.1 Å². The van der Waals surface area contributed by atoms with Gasteiger partial charge in [0.1, 0.15) is 5.75 Å². The molecule has 2 rings (SSSR count). The number of halogens is 2. The molecule has 2 atom stereocenters. The Hall–Kier alpha value is -1.01. The van der Waals surface area contributed by atoms with Crippen LogP contribution >= 0.6 is 24.0 Å². The number of nitrogens with zero attached hydrogens (tertiary/aromatic N) is 1. The number of anilines is 1. The predicted molar refractivity (Wildman–Crippen MR) is 106 cm³/mol. The van der Waals surface area contributed by atoms with Gasteiger partial charge in [-0.2, -0.15) is 0 Å². The van der Waals surface area contributed by atoms with Crippen molar-refractivity contribution in [3.63, 3.8) is 0 Å². The number of piperidine rings is 1. The minimum Gasteiger partial charge on any atom is -0.495 e. The van der Waals surface area contributed by atoms with E-state index in [1.54, 1.807) is 13.2 Å². The van der Waals surface area contributed by atoms with Crippen LogP contribution in [0.25, 0.3) is 0 Å². The Bertz CT molecular complexity index is 623. The highest BCUT2D eigenvalue weighted by atomic mass is 35.5. The van der Waals surface area contributed by atoms with Crippen molar-refractivity contribution in [2.24, 2.45) is 11.1 Å². The Morgan fingerprint density at radius 2 is 2.12 bits per heavy atom. The predicted octanol–water partition coefficient (Wildman–Crippen LogP) is 3.47. The van der Waals surface area contributed by atoms with Crippen LogP contribution < -0.4 is 15.8 Å². The summed E-state index contributed by atoms with van der Waals surface area (Å²) in [7, 11) is 1.56. The number of hydrogen-bond donors (Lipinski definition) is 2. The molecule has 0 saturated carbocycles. The van der Waals surface area contributed by atoms with Gasteiger partial charge in [0.15, 0.2) is 0 Å². The second-order valence-electron chi connectivity index (χ2n) is 7.32. The lowest BCUT2D eigenvalue weighted by atomic mass is 9.79. The van der Waals surface area contributed by atoms with E-state index < -0.39 is 0 Å². The van der Waals surface area contributed by atoms with Gasteiger partial charge in [0.05, 0.1) is 18.8 Å². The van der Waals surface area contributed by atoms with Gasteiger partial charge in [0.2, 0.25) is 5.91 Å². The molecule has 0 spiro atoms. The molecule has 0 radical (unpaired) electrons. The lowest BCUT2D eigenvalue weighted by Gasteiger charge is -2.44. The second kappa shape index (κ2) is 8.58. The summed E-state index contributed by atoms with van der Waals surface area (Å²) in [4.78, 5) is 14.9. The minimum absolute atomic E-state index is 0. The van der Waals surface area contributed by atoms with E-state index in [2.05, 4.69) is 24.1 Å². The summed E-state index contributed by atoms with van der Waals surface area (Å²) >= 11 is 6.12. The zero-order valence-electron chi connectivity index (χ0n) is 15.6. The molecule has 1 aliphatic rings. The molecule has 0 aliphatic carbocycles. The number of benzene rings is 1. The van der Waals surface area contributed by atoms with Crippen LogP contribution in [0, 0.1) is 12.3 Å². The summed E-state index contributed by atoms with van der Waals surface area (Å²) in [6.45, 7) is 9.77. The van der Waals surface area contributed by atoms with E-state index in [0.29, 0.717) is 16.5 Å². The average Bonchev–Trinajstić information content (AvgIpc) is 2.52. The highest BCUT2D eigenvalue weighted by Crippen LogP contribution is 2.32. The molecule has 1 amide bonds. The third kappa shape index (κ3) is 5.00. The first-order chi connectivity index (χ1) is 11.2. The largest absolute Gasteiger partial charge is 0.495 e. The zero-order valence-corrected chi connectivity index (χ0v) is 17.1. The molecule has 25 heavy (non-hydrogen) atoms. The molecule has 7 heteroatoms. The Balaban J connectivity index is 0.00000312. The number of ether oxygens (including phenoxy) is 1. The summed E-state index contributed by atoms with van der Waals surface area (Å²) in [6, 6.07) is 3.49. The van der Waals surface area contributed by atoms with Crippen molar-refractivity contribution < 1.29 is 9.53 Å². The van der Waals surface area contributed by atoms with E-state index in [1.165, 1.54) is 0 Å². The molecule has 1 aromatic carbocycles. The third-order valence-corrected chi connectivity index (χ3v) is 5.41. The van der Waals surface area contributed by atoms with Crippen molar-refractivity contribution in [3.8, 4) is 5.75 Å². The van der Waals surface area contributed by atoms with Crippen LogP contribution in [0.1, 0.15) is 32.8 Å². The molecule has 1 heterocycles. The molecule has 1 saturated heterocycles. The van der Waals surface area contributed by atoms with Crippen LogP contribution in [0.3, 0.4) is 0 Å². The smallest absolute Gasteiger partial charge is 0.241 e. The number of likely N-dealkylation sites (tertiary alicyclic amines) is 1. The summed E-state index contributed by atoms with van der Waals surface area (Å²) in [5, 5.41) is 3.59. The van der Waals surface area contributed by atoms with Gasteiger partial charge in [-0.25, -0.2) is 0 Å². The summed E-state index contributed by atoms with van der Waals surface area (Å²) in [6.07, 6.45) is 0.897. The van der Waals surface area contributed by atoms with Gasteiger partial charge in [-0.3, -0.25) is 9.69 Å². The van der Waals surface area contributed by atoms with Gasteiger partial charge in [-0.1, -0.05) is 25.4 Å². The van der Waals surface area contributed by atoms with Crippen LogP contribution in [0.5, 0.6) is 5.75 Å². The first-order valence-corrected chi connectivity index (χ1v) is 8.68. The molecule has 0 aromatic heterocycles. The van der Waals surface area contributed by atoms with E-state index in [4.69, 9.17) is 22.1 Å². The Morgan fingerprint density at radius 3 is 2.68 bits per heavy atom. The lowest BCUT2D eigenvalue weighted by molar-refractivity contribution is -0.122. The molecule has 0 bridgehead atoms. The van der Waals surface area contributed by atoms with Crippen LogP contribution in [0.4, 0.5) is 5.69 Å². The molecule has 3 N–H and O–H groups in total. The molecule has 1 fully saturated rings. The fourth-order valence-electron chi connectivity index (χ4n) is 3.08. The monoisotopic (exact) mass is 389 g/mol. The SMILES string of the molecule is COc1cc(Cl)c(C)cc1NC(=O)C(C)N1CCC(N)C(C)(C)C1.Cl. The normalized spacial score (nSPS) is 21.2. The Morgan fingerprint density at radius 1 is 1.48 bits per heavy atom. The van der Waals surface area contributed by atoms with Crippen LogP contribution in [0.15, 0.2) is 12.1 Å². The standard InChI is InChI=1S/C18H28ClN3O2.ClH/c1-11-8-14(15(24-5)9-13(11)19)21-17(23)12(2)22-7-6-16(20)18(3,4)10-22;/h8-9,12,16H,6-7,10,20H2,1-5H3,(H,21,23);1H. The number of carbonyl (C=O) groups excluding carboxylic acids is 1. The number of nitrogens with one attached hydrogen (secondary N) is 1. The van der Waals surface area contributed by atoms with Crippen LogP contribution in [-0.4, -0.2) is 43.1 Å². The highest BCUT2D eigenvalue weighted by Gasteiger charge is 2.36. The number of carbonyl (C=O) groups is 1. The van der Waals surface area contributed by atoms with E-state index >= 15 is 0 Å². The molecular formula is C18H29Cl2N3O2. The van der Waals surface area contributed by atoms with Gasteiger partial charge < -0.3 is 15.8 Å². The molecule has 5 nitrogen and oxygen atoms in total. The molecule has 142 valence electrons. The maximum absolute atomic E-state index is 12.7. The Kier molecular flexibility index (Phi) is 7.56. The minimum atomic E-state index is -0.238. The van der Waals surface area contributed by atoms with Crippen molar-refractivity contribution in [3.05, 3.63) is 22.7 Å². The van der Waals surface area contributed by atoms with Gasteiger partial charge >= 0.3 is 0 Å². The third-order valence-electron chi connectivity index (χ3n) is 5.01. The quantitative estimate of drug-likeness (QED) is 0.826.